The van der Waals surface area contributed by atoms with Crippen LogP contribution in [0.2, 0.25) is 0 Å². The maximum absolute atomic E-state index is 12.4. The molecule has 0 amide bonds. The topological polar surface area (TPSA) is 87.9 Å². The number of rotatable bonds is 4. The lowest BCUT2D eigenvalue weighted by Crippen LogP contribution is -2.34. The van der Waals surface area contributed by atoms with Crippen LogP contribution in [0.1, 0.15) is 24.9 Å². The fourth-order valence-electron chi connectivity index (χ4n) is 2.80. The number of nitrogens with two attached hydrogens (primary N) is 1. The van der Waals surface area contributed by atoms with Crippen LogP contribution in [0.25, 0.3) is 0 Å². The van der Waals surface area contributed by atoms with Crippen molar-refractivity contribution in [1.82, 2.24) is 0 Å². The Balaban J connectivity index is 1.75. The maximum atomic E-state index is 12.4. The summed E-state index contributed by atoms with van der Waals surface area (Å²) in [7, 11) is -3.29. The van der Waals surface area contributed by atoms with E-state index in [4.69, 9.17) is 19.9 Å². The van der Waals surface area contributed by atoms with Gasteiger partial charge in [-0.2, -0.15) is 0 Å². The van der Waals surface area contributed by atoms with Crippen LogP contribution in [0.15, 0.2) is 18.2 Å². The van der Waals surface area contributed by atoms with Crippen molar-refractivity contribution in [3.05, 3.63) is 23.8 Å². The highest BCUT2D eigenvalue weighted by molar-refractivity contribution is 7.92. The summed E-state index contributed by atoms with van der Waals surface area (Å²) in [5.74, 6) is 1.18. The fraction of sp³-hybridized carbons (Fsp3) is 0.571. The molecule has 0 aromatic heterocycles. The molecule has 2 aliphatic rings. The minimum Gasteiger partial charge on any atom is -0.454 e. The fourth-order valence-corrected chi connectivity index (χ4v) is 4.86. The number of ether oxygens (including phenoxy) is 3. The van der Waals surface area contributed by atoms with E-state index in [9.17, 15) is 8.42 Å². The molecule has 3 atom stereocenters. The van der Waals surface area contributed by atoms with Gasteiger partial charge in [0.05, 0.1) is 17.1 Å². The van der Waals surface area contributed by atoms with Crippen LogP contribution in [0.3, 0.4) is 0 Å². The van der Waals surface area contributed by atoms with E-state index in [1.165, 1.54) is 0 Å². The van der Waals surface area contributed by atoms with E-state index in [-0.39, 0.29) is 18.6 Å². The molecule has 3 unspecified atom stereocenters. The van der Waals surface area contributed by atoms with Crippen LogP contribution in [0, 0.1) is 0 Å². The van der Waals surface area contributed by atoms with Crippen molar-refractivity contribution in [1.29, 1.82) is 0 Å². The van der Waals surface area contributed by atoms with Gasteiger partial charge >= 0.3 is 0 Å². The first-order chi connectivity index (χ1) is 9.97. The molecule has 1 aromatic carbocycles. The van der Waals surface area contributed by atoms with Gasteiger partial charge in [-0.05, 0) is 31.0 Å². The highest BCUT2D eigenvalue weighted by atomic mass is 32.2. The molecule has 0 bridgehead atoms. The van der Waals surface area contributed by atoms with Crippen molar-refractivity contribution in [2.45, 2.75) is 30.7 Å². The lowest BCUT2D eigenvalue weighted by atomic mass is 10.1. The van der Waals surface area contributed by atoms with Crippen LogP contribution in [0.5, 0.6) is 11.5 Å². The molecule has 2 heterocycles. The first-order valence-electron chi connectivity index (χ1n) is 6.95. The third-order valence-electron chi connectivity index (χ3n) is 4.00. The van der Waals surface area contributed by atoms with E-state index in [1.54, 1.807) is 25.1 Å². The largest absolute Gasteiger partial charge is 0.454 e. The Hall–Kier alpha value is -1.31. The Labute approximate surface area is 124 Å². The minimum absolute atomic E-state index is 0.0923. The normalized spacial score (nSPS) is 26.0. The number of hydrogen-bond donors (Lipinski definition) is 1. The maximum Gasteiger partial charge on any atom is 0.231 e. The van der Waals surface area contributed by atoms with Crippen molar-refractivity contribution in [3.63, 3.8) is 0 Å². The third-order valence-corrected chi connectivity index (χ3v) is 6.37. The molecule has 2 aliphatic heterocycles. The van der Waals surface area contributed by atoms with Gasteiger partial charge in [-0.15, -0.1) is 0 Å². The number of hydrogen-bond acceptors (Lipinski definition) is 6. The molecular weight excluding hydrogens is 294 g/mol. The number of fused-ring (bicyclic) bond motifs is 1. The Kier molecular flexibility index (Phi) is 3.81. The summed E-state index contributed by atoms with van der Waals surface area (Å²) < 4.78 is 40.8. The second-order valence-electron chi connectivity index (χ2n) is 5.45. The van der Waals surface area contributed by atoms with E-state index in [0.29, 0.717) is 24.5 Å². The van der Waals surface area contributed by atoms with Crippen LogP contribution < -0.4 is 15.2 Å². The molecule has 0 aliphatic carbocycles. The van der Waals surface area contributed by atoms with Gasteiger partial charge in [-0.3, -0.25) is 0 Å². The van der Waals surface area contributed by atoms with Gasteiger partial charge in [0.2, 0.25) is 6.79 Å². The van der Waals surface area contributed by atoms with Crippen LogP contribution >= 0.6 is 0 Å². The molecule has 7 heteroatoms. The molecule has 6 nitrogen and oxygen atoms in total. The highest BCUT2D eigenvalue weighted by Crippen LogP contribution is 2.34. The van der Waals surface area contributed by atoms with E-state index >= 15 is 0 Å². The molecule has 1 aromatic rings. The summed E-state index contributed by atoms with van der Waals surface area (Å²) in [6.45, 7) is 2.47. The van der Waals surface area contributed by atoms with E-state index in [0.717, 1.165) is 5.56 Å². The minimum atomic E-state index is -3.29. The summed E-state index contributed by atoms with van der Waals surface area (Å²) >= 11 is 0. The monoisotopic (exact) mass is 313 g/mol. The Morgan fingerprint density at radius 3 is 2.81 bits per heavy atom. The number of sulfone groups is 1. The van der Waals surface area contributed by atoms with E-state index < -0.39 is 21.1 Å². The molecule has 116 valence electrons. The SMILES string of the molecule is CC1OCCC1S(=O)(=O)CC(N)c1ccc2c(c1)OCO2. The quantitative estimate of drug-likeness (QED) is 0.892. The van der Waals surface area contributed by atoms with Crippen LogP contribution in [-0.4, -0.2) is 38.9 Å². The average molecular weight is 313 g/mol. The first-order valence-corrected chi connectivity index (χ1v) is 8.67. The van der Waals surface area contributed by atoms with Crippen molar-refractivity contribution in [2.75, 3.05) is 19.2 Å². The highest BCUT2D eigenvalue weighted by Gasteiger charge is 2.36. The summed E-state index contributed by atoms with van der Waals surface area (Å²) in [6.07, 6.45) is 0.274. The standard InChI is InChI=1S/C14H19NO5S/c1-9-14(4-5-18-9)21(16,17)7-11(15)10-2-3-12-13(6-10)20-8-19-12/h2-3,6,9,11,14H,4-5,7-8,15H2,1H3. The van der Waals surface area contributed by atoms with Crippen LogP contribution in [-0.2, 0) is 14.6 Å². The van der Waals surface area contributed by atoms with Gasteiger partial charge in [0.15, 0.2) is 21.3 Å². The Morgan fingerprint density at radius 1 is 1.33 bits per heavy atom. The van der Waals surface area contributed by atoms with Gasteiger partial charge in [0.25, 0.3) is 0 Å². The van der Waals surface area contributed by atoms with Crippen LogP contribution in [0.4, 0.5) is 0 Å². The molecular formula is C14H19NO5S. The molecule has 0 radical (unpaired) electrons. The number of benzene rings is 1. The molecule has 2 N–H and O–H groups in total. The lowest BCUT2D eigenvalue weighted by molar-refractivity contribution is 0.126. The third kappa shape index (κ3) is 2.86. The molecule has 3 rings (SSSR count). The zero-order chi connectivity index (χ0) is 15.0. The smallest absolute Gasteiger partial charge is 0.231 e. The predicted octanol–water partition coefficient (Wildman–Crippen LogP) is 1.01. The predicted molar refractivity (Wildman–Crippen MR) is 77.1 cm³/mol. The Morgan fingerprint density at radius 2 is 2.10 bits per heavy atom. The summed E-state index contributed by atoms with van der Waals surface area (Å²) in [4.78, 5) is 0. The molecule has 21 heavy (non-hydrogen) atoms. The molecule has 1 saturated heterocycles. The Bertz CT molecular complexity index is 630. The summed E-state index contributed by atoms with van der Waals surface area (Å²) in [5, 5.41) is -0.461. The van der Waals surface area contributed by atoms with E-state index in [1.807, 2.05) is 0 Å². The van der Waals surface area contributed by atoms with Gasteiger partial charge in [0, 0.05) is 12.6 Å². The summed E-state index contributed by atoms with van der Waals surface area (Å²) in [6, 6.07) is 4.70. The van der Waals surface area contributed by atoms with Crippen molar-refractivity contribution in [2.24, 2.45) is 5.73 Å². The first kappa shape index (κ1) is 14.6. The molecule has 0 spiro atoms. The van der Waals surface area contributed by atoms with Gasteiger partial charge < -0.3 is 19.9 Å². The van der Waals surface area contributed by atoms with E-state index in [2.05, 4.69) is 0 Å². The second kappa shape index (κ2) is 5.47. The van der Waals surface area contributed by atoms with Gasteiger partial charge in [-0.1, -0.05) is 6.07 Å². The molecule has 0 saturated carbocycles. The van der Waals surface area contributed by atoms with Crippen molar-refractivity contribution in [3.8, 4) is 11.5 Å². The lowest BCUT2D eigenvalue weighted by Gasteiger charge is -2.18. The van der Waals surface area contributed by atoms with Crippen molar-refractivity contribution < 1.29 is 22.6 Å². The zero-order valence-corrected chi connectivity index (χ0v) is 12.6. The van der Waals surface area contributed by atoms with Gasteiger partial charge in [0.1, 0.15) is 0 Å². The second-order valence-corrected chi connectivity index (χ2v) is 7.72. The zero-order valence-electron chi connectivity index (χ0n) is 11.8. The molecule has 1 fully saturated rings. The van der Waals surface area contributed by atoms with Gasteiger partial charge in [-0.25, -0.2) is 8.42 Å². The summed E-state index contributed by atoms with van der Waals surface area (Å²) in [5.41, 5.74) is 6.80. The average Bonchev–Trinajstić information content (AvgIpc) is 3.05. The van der Waals surface area contributed by atoms with Crippen molar-refractivity contribution >= 4 is 9.84 Å².